The maximum atomic E-state index is 5.55. The van der Waals surface area contributed by atoms with E-state index in [0.717, 1.165) is 17.1 Å². The van der Waals surface area contributed by atoms with Crippen molar-refractivity contribution in [1.29, 1.82) is 0 Å². The number of hydrogen-bond acceptors (Lipinski definition) is 5. The number of nitrogens with one attached hydrogen (secondary N) is 1. The second-order valence-corrected chi connectivity index (χ2v) is 6.81. The minimum absolute atomic E-state index is 0.146. The molecule has 0 saturated heterocycles. The first-order chi connectivity index (χ1) is 11.4. The summed E-state index contributed by atoms with van der Waals surface area (Å²) in [5.74, 6) is 0.861. The molecule has 23 heavy (non-hydrogen) atoms. The van der Waals surface area contributed by atoms with Crippen LogP contribution in [0, 0.1) is 0 Å². The van der Waals surface area contributed by atoms with Gasteiger partial charge in [-0.05, 0) is 52.0 Å². The van der Waals surface area contributed by atoms with E-state index in [1.807, 2.05) is 18.2 Å². The van der Waals surface area contributed by atoms with Crippen molar-refractivity contribution in [2.24, 2.45) is 0 Å². The van der Waals surface area contributed by atoms with Crippen LogP contribution in [0.5, 0.6) is 5.75 Å². The molecule has 0 amide bonds. The molecule has 0 radical (unpaired) electrons. The fourth-order valence-corrected chi connectivity index (χ4v) is 4.12. The molecule has 1 N–H and O–H groups in total. The maximum Gasteiger partial charge on any atom is 0.144 e. The third-order valence-electron chi connectivity index (χ3n) is 3.91. The molecule has 3 aromatic rings. The van der Waals surface area contributed by atoms with E-state index in [-0.39, 0.29) is 6.04 Å². The van der Waals surface area contributed by atoms with Gasteiger partial charge in [0.2, 0.25) is 0 Å². The van der Waals surface area contributed by atoms with Crippen molar-refractivity contribution in [3.63, 3.8) is 0 Å². The van der Waals surface area contributed by atoms with Gasteiger partial charge in [-0.25, -0.2) is 0 Å². The van der Waals surface area contributed by atoms with Gasteiger partial charge in [0.15, 0.2) is 0 Å². The van der Waals surface area contributed by atoms with Gasteiger partial charge >= 0.3 is 0 Å². The van der Waals surface area contributed by atoms with Gasteiger partial charge in [-0.3, -0.25) is 10.4 Å². The quantitative estimate of drug-likeness (QED) is 0.729. The predicted octanol–water partition coefficient (Wildman–Crippen LogP) is 4.93. The molecule has 3 nitrogen and oxygen atoms in total. The summed E-state index contributed by atoms with van der Waals surface area (Å²) in [5.41, 5.74) is 8.21. The minimum atomic E-state index is 0.146. The molecule has 4 rings (SSSR count). The lowest BCUT2D eigenvalue weighted by atomic mass is 10.1. The number of benzene rings is 1. The molecule has 116 valence electrons. The highest BCUT2D eigenvalue weighted by Gasteiger charge is 2.29. The summed E-state index contributed by atoms with van der Waals surface area (Å²) >= 11 is 3.43. The largest absolute Gasteiger partial charge is 0.495 e. The second kappa shape index (κ2) is 6.10. The Morgan fingerprint density at radius 2 is 1.87 bits per heavy atom. The standard InChI is InChI=1S/C18H16N2OS2/c1-21-18-5-3-2-4-16(18)20-17(14-7-9-23-12-14)10-15(19-20)13-6-8-22-11-13/h2-12,17,19H,1H3. The van der Waals surface area contributed by atoms with E-state index in [4.69, 9.17) is 4.74 Å². The number of para-hydroxylation sites is 2. The summed E-state index contributed by atoms with van der Waals surface area (Å²) in [4.78, 5) is 0. The van der Waals surface area contributed by atoms with E-state index in [2.05, 4.69) is 56.2 Å². The van der Waals surface area contributed by atoms with Crippen molar-refractivity contribution in [3.8, 4) is 5.75 Å². The summed E-state index contributed by atoms with van der Waals surface area (Å²) in [5, 5.41) is 10.8. The Bertz CT molecular complexity index is 809. The molecule has 0 spiro atoms. The number of hydrazine groups is 1. The molecule has 2 aromatic heterocycles. The zero-order valence-electron chi connectivity index (χ0n) is 12.6. The van der Waals surface area contributed by atoms with Crippen molar-refractivity contribution < 1.29 is 4.74 Å². The van der Waals surface area contributed by atoms with Gasteiger partial charge in [-0.15, -0.1) is 0 Å². The number of rotatable bonds is 4. The van der Waals surface area contributed by atoms with E-state index >= 15 is 0 Å². The van der Waals surface area contributed by atoms with Crippen LogP contribution >= 0.6 is 22.7 Å². The molecule has 1 aliphatic heterocycles. The van der Waals surface area contributed by atoms with Crippen molar-refractivity contribution in [1.82, 2.24) is 5.43 Å². The van der Waals surface area contributed by atoms with Crippen LogP contribution in [0.4, 0.5) is 5.69 Å². The highest BCUT2D eigenvalue weighted by molar-refractivity contribution is 7.08. The van der Waals surface area contributed by atoms with Crippen LogP contribution in [0.3, 0.4) is 0 Å². The van der Waals surface area contributed by atoms with Gasteiger partial charge in [0, 0.05) is 10.9 Å². The van der Waals surface area contributed by atoms with E-state index in [1.165, 1.54) is 11.1 Å². The number of ether oxygens (including phenoxy) is 1. The predicted molar refractivity (Wildman–Crippen MR) is 98.0 cm³/mol. The zero-order valence-corrected chi connectivity index (χ0v) is 14.2. The van der Waals surface area contributed by atoms with Gasteiger partial charge < -0.3 is 4.74 Å². The number of methoxy groups -OCH3 is 1. The summed E-state index contributed by atoms with van der Waals surface area (Å²) in [6.45, 7) is 0. The van der Waals surface area contributed by atoms with Crippen molar-refractivity contribution in [3.05, 3.63) is 75.1 Å². The van der Waals surface area contributed by atoms with Crippen LogP contribution < -0.4 is 15.2 Å². The Hall–Kier alpha value is -2.24. The van der Waals surface area contributed by atoms with E-state index in [9.17, 15) is 0 Å². The Labute approximate surface area is 143 Å². The lowest BCUT2D eigenvalue weighted by Crippen LogP contribution is -2.34. The highest BCUT2D eigenvalue weighted by Crippen LogP contribution is 2.39. The fraction of sp³-hybridized carbons (Fsp3) is 0.111. The number of anilines is 1. The molecule has 0 saturated carbocycles. The molecular weight excluding hydrogens is 324 g/mol. The van der Waals surface area contributed by atoms with Gasteiger partial charge in [0.25, 0.3) is 0 Å². The summed E-state index contributed by atoms with van der Waals surface area (Å²) in [7, 11) is 1.71. The summed E-state index contributed by atoms with van der Waals surface area (Å²) < 4.78 is 5.55. The molecule has 1 aliphatic rings. The lowest BCUT2D eigenvalue weighted by molar-refractivity contribution is 0.413. The Balaban J connectivity index is 1.77. The monoisotopic (exact) mass is 340 g/mol. The molecule has 1 atom stereocenters. The van der Waals surface area contributed by atoms with Crippen molar-refractivity contribution in [2.45, 2.75) is 6.04 Å². The van der Waals surface area contributed by atoms with E-state index < -0.39 is 0 Å². The highest BCUT2D eigenvalue weighted by atomic mass is 32.1. The van der Waals surface area contributed by atoms with Gasteiger partial charge in [-0.2, -0.15) is 22.7 Å². The molecular formula is C18H16N2OS2. The van der Waals surface area contributed by atoms with Crippen LogP contribution in [-0.2, 0) is 0 Å². The first-order valence-electron chi connectivity index (χ1n) is 7.32. The SMILES string of the molecule is COc1ccccc1N1NC(c2ccsc2)=CC1c1ccsc1. The fourth-order valence-electron chi connectivity index (χ4n) is 2.77. The van der Waals surface area contributed by atoms with E-state index in [0.29, 0.717) is 0 Å². The Morgan fingerprint density at radius 3 is 2.61 bits per heavy atom. The average Bonchev–Trinajstić information content (AvgIpc) is 3.34. The normalized spacial score (nSPS) is 17.0. The van der Waals surface area contributed by atoms with Gasteiger partial charge in [0.1, 0.15) is 11.4 Å². The maximum absolute atomic E-state index is 5.55. The van der Waals surface area contributed by atoms with Crippen molar-refractivity contribution in [2.75, 3.05) is 12.1 Å². The summed E-state index contributed by atoms with van der Waals surface area (Å²) in [6, 6.07) is 12.6. The molecule has 0 bridgehead atoms. The zero-order chi connectivity index (χ0) is 15.6. The van der Waals surface area contributed by atoms with Gasteiger partial charge in [-0.1, -0.05) is 12.1 Å². The first-order valence-corrected chi connectivity index (χ1v) is 9.21. The minimum Gasteiger partial charge on any atom is -0.495 e. The summed E-state index contributed by atoms with van der Waals surface area (Å²) in [6.07, 6.45) is 2.27. The third-order valence-corrected chi connectivity index (χ3v) is 5.29. The van der Waals surface area contributed by atoms with Gasteiger partial charge in [0.05, 0.1) is 18.8 Å². The Morgan fingerprint density at radius 1 is 1.04 bits per heavy atom. The number of thiophene rings is 2. The van der Waals surface area contributed by atoms with Crippen LogP contribution in [0.2, 0.25) is 0 Å². The van der Waals surface area contributed by atoms with E-state index in [1.54, 1.807) is 29.8 Å². The first kappa shape index (κ1) is 14.4. The van der Waals surface area contributed by atoms with Crippen LogP contribution in [0.25, 0.3) is 5.70 Å². The molecule has 0 aliphatic carbocycles. The third kappa shape index (κ3) is 2.62. The Kier molecular flexibility index (Phi) is 3.81. The molecule has 1 aromatic carbocycles. The topological polar surface area (TPSA) is 24.5 Å². The number of hydrogen-bond donors (Lipinski definition) is 1. The van der Waals surface area contributed by atoms with Crippen LogP contribution in [-0.4, -0.2) is 7.11 Å². The van der Waals surface area contributed by atoms with Crippen LogP contribution in [0.1, 0.15) is 17.2 Å². The molecule has 3 heterocycles. The molecule has 5 heteroatoms. The molecule has 0 fully saturated rings. The number of nitrogens with zero attached hydrogens (tertiary/aromatic N) is 1. The van der Waals surface area contributed by atoms with Crippen molar-refractivity contribution >= 4 is 34.1 Å². The smallest absolute Gasteiger partial charge is 0.144 e. The second-order valence-electron chi connectivity index (χ2n) is 5.25. The average molecular weight is 340 g/mol. The van der Waals surface area contributed by atoms with Crippen LogP contribution in [0.15, 0.2) is 64.0 Å². The lowest BCUT2D eigenvalue weighted by Gasteiger charge is -2.28. The molecule has 1 unspecified atom stereocenters.